The molecule has 3 heterocycles. The number of pyridine rings is 1. The van der Waals surface area contributed by atoms with Gasteiger partial charge in [-0.2, -0.15) is 13.2 Å². The molecule has 2 atom stereocenters. The van der Waals surface area contributed by atoms with Gasteiger partial charge in [-0.05, 0) is 30.9 Å². The van der Waals surface area contributed by atoms with Crippen molar-refractivity contribution in [1.29, 1.82) is 0 Å². The Hall–Kier alpha value is -2.36. The van der Waals surface area contributed by atoms with Crippen molar-refractivity contribution < 1.29 is 13.2 Å². The molecule has 1 aliphatic heterocycles. The average Bonchev–Trinajstić information content (AvgIpc) is 3.33. The summed E-state index contributed by atoms with van der Waals surface area (Å²) in [6.45, 7) is 4.50. The summed E-state index contributed by atoms with van der Waals surface area (Å²) in [4.78, 5) is 6.76. The van der Waals surface area contributed by atoms with Crippen LogP contribution in [0.2, 0.25) is 0 Å². The lowest BCUT2D eigenvalue weighted by Gasteiger charge is -2.20. The Kier molecular flexibility index (Phi) is 4.90. The molecule has 0 radical (unpaired) electrons. The summed E-state index contributed by atoms with van der Waals surface area (Å²) in [6.07, 6.45) is -0.819. The first-order valence-corrected chi connectivity index (χ1v) is 9.47. The number of fused-ring (bicyclic) bond motifs is 1. The fraction of sp³-hybridized carbons (Fsp3) is 0.611. The van der Waals surface area contributed by atoms with Crippen LogP contribution in [-0.4, -0.2) is 57.7 Å². The van der Waals surface area contributed by atoms with E-state index in [-0.39, 0.29) is 6.54 Å². The minimum atomic E-state index is -4.41. The normalized spacial score (nSPS) is 24.1. The van der Waals surface area contributed by atoms with Crippen LogP contribution in [0.1, 0.15) is 31.2 Å². The van der Waals surface area contributed by atoms with Gasteiger partial charge in [-0.1, -0.05) is 6.92 Å². The molecule has 0 spiro atoms. The van der Waals surface area contributed by atoms with E-state index in [1.165, 1.54) is 23.3 Å². The third-order valence-electron chi connectivity index (χ3n) is 5.46. The number of hydrogen-bond donors (Lipinski definition) is 2. The first kappa shape index (κ1) is 19.0. The molecule has 1 aliphatic carbocycles. The van der Waals surface area contributed by atoms with Crippen LogP contribution in [0.25, 0.3) is 5.65 Å². The van der Waals surface area contributed by atoms with Crippen molar-refractivity contribution in [3.8, 4) is 0 Å². The predicted octanol–water partition coefficient (Wildman–Crippen LogP) is 1.90. The Morgan fingerprint density at radius 2 is 2.04 bits per heavy atom. The molecule has 2 unspecified atom stereocenters. The molecule has 4 rings (SSSR count). The van der Waals surface area contributed by atoms with Crippen molar-refractivity contribution in [1.82, 2.24) is 30.1 Å². The van der Waals surface area contributed by atoms with Crippen molar-refractivity contribution in [2.24, 2.45) is 10.9 Å². The van der Waals surface area contributed by atoms with Crippen LogP contribution in [0.4, 0.5) is 13.2 Å². The van der Waals surface area contributed by atoms with E-state index >= 15 is 0 Å². The van der Waals surface area contributed by atoms with Gasteiger partial charge in [0.15, 0.2) is 17.4 Å². The molecule has 152 valence electrons. The summed E-state index contributed by atoms with van der Waals surface area (Å²) in [5.41, 5.74) is -0.360. The first-order valence-electron chi connectivity index (χ1n) is 9.47. The zero-order valence-corrected chi connectivity index (χ0v) is 15.9. The van der Waals surface area contributed by atoms with Gasteiger partial charge in [0.25, 0.3) is 0 Å². The Bertz CT molecular complexity index is 872. The Morgan fingerprint density at radius 3 is 2.71 bits per heavy atom. The zero-order valence-electron chi connectivity index (χ0n) is 15.9. The van der Waals surface area contributed by atoms with E-state index in [2.05, 4.69) is 37.6 Å². The molecule has 7 nitrogen and oxygen atoms in total. The summed E-state index contributed by atoms with van der Waals surface area (Å²) in [6, 6.07) is 3.35. The van der Waals surface area contributed by atoms with Crippen molar-refractivity contribution in [3.63, 3.8) is 0 Å². The molecule has 28 heavy (non-hydrogen) atoms. The van der Waals surface area contributed by atoms with Gasteiger partial charge in [-0.25, -0.2) is 0 Å². The van der Waals surface area contributed by atoms with Crippen LogP contribution in [0.15, 0.2) is 23.3 Å². The van der Waals surface area contributed by atoms with Crippen LogP contribution in [0.3, 0.4) is 0 Å². The lowest BCUT2D eigenvalue weighted by molar-refractivity contribution is -0.137. The molecule has 2 aromatic rings. The average molecular weight is 395 g/mol. The van der Waals surface area contributed by atoms with Crippen LogP contribution in [-0.2, 0) is 12.7 Å². The molecule has 0 bridgehead atoms. The van der Waals surface area contributed by atoms with E-state index in [0.717, 1.165) is 31.4 Å². The fourth-order valence-corrected chi connectivity index (χ4v) is 3.69. The number of alkyl halides is 3. The molecule has 2 aromatic heterocycles. The molecular formula is C18H24F3N7. The Labute approximate surface area is 161 Å². The zero-order chi connectivity index (χ0) is 19.9. The minimum Gasteiger partial charge on any atom is -0.352 e. The highest BCUT2D eigenvalue weighted by Crippen LogP contribution is 2.32. The van der Waals surface area contributed by atoms with E-state index in [0.29, 0.717) is 29.4 Å². The Morgan fingerprint density at radius 1 is 1.25 bits per heavy atom. The molecule has 2 fully saturated rings. The molecule has 0 aromatic carbocycles. The second-order valence-corrected chi connectivity index (χ2v) is 7.60. The maximum absolute atomic E-state index is 13.0. The van der Waals surface area contributed by atoms with Crippen LogP contribution in [0.5, 0.6) is 0 Å². The number of hydrogen-bond acceptors (Lipinski definition) is 4. The highest BCUT2D eigenvalue weighted by molar-refractivity contribution is 5.80. The largest absolute Gasteiger partial charge is 0.417 e. The standard InChI is InChI=1S/C18H24F3N7/c1-11-8-27(13-4-5-13)10-14(11)24-17(22-2)23-7-16-26-25-15-6-3-12(9-28(15)16)18(19,20)21/h3,6,9,11,13-14H,4-5,7-8,10H2,1-2H3,(H2,22,23,24). The molecule has 1 saturated heterocycles. The van der Waals surface area contributed by atoms with E-state index < -0.39 is 11.7 Å². The Balaban J connectivity index is 1.41. The predicted molar refractivity (Wildman–Crippen MR) is 98.9 cm³/mol. The van der Waals surface area contributed by atoms with Crippen molar-refractivity contribution in [2.45, 2.75) is 44.6 Å². The second kappa shape index (κ2) is 7.23. The van der Waals surface area contributed by atoms with Gasteiger partial charge >= 0.3 is 6.18 Å². The van der Waals surface area contributed by atoms with Gasteiger partial charge in [0.2, 0.25) is 0 Å². The second-order valence-electron chi connectivity index (χ2n) is 7.60. The minimum absolute atomic E-state index is 0.218. The topological polar surface area (TPSA) is 69.8 Å². The number of nitrogens with one attached hydrogen (secondary N) is 2. The smallest absolute Gasteiger partial charge is 0.352 e. The third kappa shape index (κ3) is 3.91. The van der Waals surface area contributed by atoms with E-state index in [1.54, 1.807) is 7.05 Å². The van der Waals surface area contributed by atoms with Gasteiger partial charge in [-0.15, -0.1) is 10.2 Å². The summed E-state index contributed by atoms with van der Waals surface area (Å²) >= 11 is 0. The first-order chi connectivity index (χ1) is 13.3. The molecular weight excluding hydrogens is 371 g/mol. The highest BCUT2D eigenvalue weighted by Gasteiger charge is 2.38. The molecule has 2 aliphatic rings. The van der Waals surface area contributed by atoms with E-state index in [4.69, 9.17) is 0 Å². The van der Waals surface area contributed by atoms with Crippen molar-refractivity contribution in [2.75, 3.05) is 20.1 Å². The van der Waals surface area contributed by atoms with Crippen LogP contribution in [0, 0.1) is 5.92 Å². The number of halogens is 3. The monoisotopic (exact) mass is 395 g/mol. The molecule has 10 heteroatoms. The number of aliphatic imine (C=N–C) groups is 1. The summed E-state index contributed by atoms with van der Waals surface area (Å²) < 4.78 is 40.3. The lowest BCUT2D eigenvalue weighted by Crippen LogP contribution is -2.46. The summed E-state index contributed by atoms with van der Waals surface area (Å²) in [5, 5.41) is 14.5. The van der Waals surface area contributed by atoms with Gasteiger partial charge < -0.3 is 10.6 Å². The molecule has 0 amide bonds. The van der Waals surface area contributed by atoms with Crippen LogP contribution < -0.4 is 10.6 Å². The quantitative estimate of drug-likeness (QED) is 0.611. The number of rotatable bonds is 4. The summed E-state index contributed by atoms with van der Waals surface area (Å²) in [5.74, 6) is 1.50. The van der Waals surface area contributed by atoms with E-state index in [9.17, 15) is 13.2 Å². The third-order valence-corrected chi connectivity index (χ3v) is 5.46. The lowest BCUT2D eigenvalue weighted by atomic mass is 10.1. The SMILES string of the molecule is CN=C(NCc1nnc2ccc(C(F)(F)F)cn12)NC1CN(C2CC2)CC1C. The van der Waals surface area contributed by atoms with Crippen LogP contribution >= 0.6 is 0 Å². The van der Waals surface area contributed by atoms with Gasteiger partial charge in [-0.3, -0.25) is 14.3 Å². The number of likely N-dealkylation sites (tertiary alicyclic amines) is 1. The van der Waals surface area contributed by atoms with Crippen molar-refractivity contribution in [3.05, 3.63) is 29.7 Å². The van der Waals surface area contributed by atoms with Crippen molar-refractivity contribution >= 4 is 11.6 Å². The number of guanidine groups is 1. The van der Waals surface area contributed by atoms with E-state index in [1.807, 2.05) is 0 Å². The highest BCUT2D eigenvalue weighted by atomic mass is 19.4. The molecule has 1 saturated carbocycles. The maximum atomic E-state index is 13.0. The van der Waals surface area contributed by atoms with Gasteiger partial charge in [0.05, 0.1) is 12.1 Å². The maximum Gasteiger partial charge on any atom is 0.417 e. The molecule has 2 N–H and O–H groups in total. The van der Waals surface area contributed by atoms with Gasteiger partial charge in [0, 0.05) is 38.4 Å². The van der Waals surface area contributed by atoms with Gasteiger partial charge in [0.1, 0.15) is 0 Å². The number of aromatic nitrogens is 3. The number of nitrogens with zero attached hydrogens (tertiary/aromatic N) is 5. The summed E-state index contributed by atoms with van der Waals surface area (Å²) in [7, 11) is 1.68. The fourth-order valence-electron chi connectivity index (χ4n) is 3.69.